The number of hydrogen-bond donors (Lipinski definition) is 1. The van der Waals surface area contributed by atoms with E-state index in [1.165, 1.54) is 0 Å². The highest BCUT2D eigenvalue weighted by atomic mass is 35.5. The van der Waals surface area contributed by atoms with Crippen LogP contribution in [0.3, 0.4) is 0 Å². The number of benzene rings is 1. The predicted octanol–water partition coefficient (Wildman–Crippen LogP) is 3.30. The van der Waals surface area contributed by atoms with Gasteiger partial charge < -0.3 is 10.0 Å². The highest BCUT2D eigenvalue weighted by molar-refractivity contribution is 6.30. The Morgan fingerprint density at radius 3 is 2.48 bits per heavy atom. The summed E-state index contributed by atoms with van der Waals surface area (Å²) in [6.45, 7) is 4.63. The molecule has 1 aromatic carbocycles. The SMILES string of the molecule is CC(C)(C(=O)O)C1CCCN(C(=O)c2ccc(Cl)cc2)C1. The van der Waals surface area contributed by atoms with Crippen molar-refractivity contribution >= 4 is 23.5 Å². The number of aliphatic carboxylic acids is 1. The molecule has 1 N–H and O–H groups in total. The number of amides is 1. The maximum atomic E-state index is 12.5. The molecule has 1 unspecified atom stereocenters. The smallest absolute Gasteiger partial charge is 0.309 e. The molecule has 114 valence electrons. The molecule has 1 saturated heterocycles. The van der Waals surface area contributed by atoms with E-state index in [2.05, 4.69) is 0 Å². The fraction of sp³-hybridized carbons (Fsp3) is 0.500. The first-order valence-corrected chi connectivity index (χ1v) is 7.48. The summed E-state index contributed by atoms with van der Waals surface area (Å²) >= 11 is 5.83. The van der Waals surface area contributed by atoms with E-state index >= 15 is 0 Å². The van der Waals surface area contributed by atoms with E-state index in [1.54, 1.807) is 43.0 Å². The molecule has 0 bridgehead atoms. The van der Waals surface area contributed by atoms with Crippen LogP contribution in [-0.4, -0.2) is 35.0 Å². The number of carbonyl (C=O) groups excluding carboxylic acids is 1. The second-order valence-electron chi connectivity index (χ2n) is 6.12. The quantitative estimate of drug-likeness (QED) is 0.932. The summed E-state index contributed by atoms with van der Waals surface area (Å²) < 4.78 is 0. The summed E-state index contributed by atoms with van der Waals surface area (Å²) in [5, 5.41) is 9.94. The van der Waals surface area contributed by atoms with E-state index in [1.807, 2.05) is 0 Å². The largest absolute Gasteiger partial charge is 0.481 e. The third-order valence-electron chi connectivity index (χ3n) is 4.37. The molecule has 0 aliphatic carbocycles. The van der Waals surface area contributed by atoms with Crippen LogP contribution in [0.25, 0.3) is 0 Å². The highest BCUT2D eigenvalue weighted by Gasteiger charge is 2.40. The molecule has 1 aliphatic heterocycles. The number of nitrogens with zero attached hydrogens (tertiary/aromatic N) is 1. The maximum absolute atomic E-state index is 12.5. The summed E-state index contributed by atoms with van der Waals surface area (Å²) in [4.78, 5) is 25.6. The number of carboxylic acids is 1. The van der Waals surface area contributed by atoms with Crippen molar-refractivity contribution in [2.45, 2.75) is 26.7 Å². The van der Waals surface area contributed by atoms with Crippen molar-refractivity contribution in [2.24, 2.45) is 11.3 Å². The normalized spacial score (nSPS) is 19.4. The van der Waals surface area contributed by atoms with E-state index in [0.717, 1.165) is 12.8 Å². The second-order valence-corrected chi connectivity index (χ2v) is 6.56. The zero-order valence-corrected chi connectivity index (χ0v) is 13.1. The van der Waals surface area contributed by atoms with Crippen LogP contribution in [0.5, 0.6) is 0 Å². The van der Waals surface area contributed by atoms with Gasteiger partial charge in [-0.25, -0.2) is 0 Å². The van der Waals surface area contributed by atoms with E-state index in [-0.39, 0.29) is 11.8 Å². The summed E-state index contributed by atoms with van der Waals surface area (Å²) in [5.74, 6) is -0.897. The van der Waals surface area contributed by atoms with Gasteiger partial charge in [0, 0.05) is 23.7 Å². The Morgan fingerprint density at radius 1 is 1.29 bits per heavy atom. The van der Waals surface area contributed by atoms with Crippen LogP contribution < -0.4 is 0 Å². The van der Waals surface area contributed by atoms with Crippen molar-refractivity contribution in [1.82, 2.24) is 4.90 Å². The topological polar surface area (TPSA) is 57.6 Å². The Hall–Kier alpha value is -1.55. The van der Waals surface area contributed by atoms with Gasteiger partial charge in [-0.3, -0.25) is 9.59 Å². The van der Waals surface area contributed by atoms with Crippen LogP contribution in [0.2, 0.25) is 5.02 Å². The van der Waals surface area contributed by atoms with Crippen molar-refractivity contribution in [1.29, 1.82) is 0 Å². The predicted molar refractivity (Wildman–Crippen MR) is 81.5 cm³/mol. The molecule has 0 spiro atoms. The Morgan fingerprint density at radius 2 is 1.90 bits per heavy atom. The van der Waals surface area contributed by atoms with Gasteiger partial charge in [0.2, 0.25) is 0 Å². The van der Waals surface area contributed by atoms with Gasteiger partial charge in [-0.15, -0.1) is 0 Å². The number of rotatable bonds is 3. The molecule has 0 radical (unpaired) electrons. The number of carboxylic acid groups (broad SMARTS) is 1. The molecule has 1 fully saturated rings. The molecule has 0 aromatic heterocycles. The van der Waals surface area contributed by atoms with E-state index in [4.69, 9.17) is 11.6 Å². The average Bonchev–Trinajstić information content (AvgIpc) is 2.47. The van der Waals surface area contributed by atoms with Crippen LogP contribution >= 0.6 is 11.6 Å². The molecule has 4 nitrogen and oxygen atoms in total. The lowest BCUT2D eigenvalue weighted by Crippen LogP contribution is -2.46. The molecular weight excluding hydrogens is 290 g/mol. The Kier molecular flexibility index (Phi) is 4.57. The highest BCUT2D eigenvalue weighted by Crippen LogP contribution is 2.34. The molecule has 1 aromatic rings. The fourth-order valence-corrected chi connectivity index (χ4v) is 2.83. The van der Waals surface area contributed by atoms with Gasteiger partial charge in [-0.2, -0.15) is 0 Å². The Balaban J connectivity index is 2.12. The van der Waals surface area contributed by atoms with Gasteiger partial charge in [0.15, 0.2) is 0 Å². The minimum absolute atomic E-state index is 0.0278. The third kappa shape index (κ3) is 3.38. The van der Waals surface area contributed by atoms with Crippen LogP contribution in [0.15, 0.2) is 24.3 Å². The minimum atomic E-state index is -0.820. The second kappa shape index (κ2) is 6.06. The van der Waals surface area contributed by atoms with Gasteiger partial charge >= 0.3 is 5.97 Å². The monoisotopic (exact) mass is 309 g/mol. The molecule has 1 amide bonds. The van der Waals surface area contributed by atoms with Crippen LogP contribution in [-0.2, 0) is 4.79 Å². The van der Waals surface area contributed by atoms with Gasteiger partial charge in [-0.1, -0.05) is 11.6 Å². The first kappa shape index (κ1) is 15.8. The number of hydrogen-bond acceptors (Lipinski definition) is 2. The first-order chi connectivity index (χ1) is 9.82. The lowest BCUT2D eigenvalue weighted by Gasteiger charge is -2.39. The molecule has 5 heteroatoms. The third-order valence-corrected chi connectivity index (χ3v) is 4.62. The molecule has 2 rings (SSSR count). The first-order valence-electron chi connectivity index (χ1n) is 7.10. The Bertz CT molecular complexity index is 539. The van der Waals surface area contributed by atoms with Crippen LogP contribution in [0.4, 0.5) is 0 Å². The van der Waals surface area contributed by atoms with Crippen LogP contribution in [0.1, 0.15) is 37.0 Å². The van der Waals surface area contributed by atoms with E-state index in [9.17, 15) is 14.7 Å². The molecule has 21 heavy (non-hydrogen) atoms. The lowest BCUT2D eigenvalue weighted by atomic mass is 9.74. The summed E-state index contributed by atoms with van der Waals surface area (Å²) in [7, 11) is 0. The lowest BCUT2D eigenvalue weighted by molar-refractivity contribution is -0.151. The number of carbonyl (C=O) groups is 2. The number of likely N-dealkylation sites (tertiary alicyclic amines) is 1. The maximum Gasteiger partial charge on any atom is 0.309 e. The average molecular weight is 310 g/mol. The molecule has 1 heterocycles. The van der Waals surface area contributed by atoms with Crippen molar-refractivity contribution in [3.63, 3.8) is 0 Å². The van der Waals surface area contributed by atoms with Gasteiger partial charge in [0.1, 0.15) is 0 Å². The van der Waals surface area contributed by atoms with Gasteiger partial charge in [-0.05, 0) is 56.9 Å². The van der Waals surface area contributed by atoms with E-state index < -0.39 is 11.4 Å². The summed E-state index contributed by atoms with van der Waals surface area (Å²) in [6, 6.07) is 6.79. The minimum Gasteiger partial charge on any atom is -0.481 e. The number of piperidine rings is 1. The van der Waals surface area contributed by atoms with E-state index in [0.29, 0.717) is 23.7 Å². The molecule has 1 atom stereocenters. The number of halogens is 1. The summed E-state index contributed by atoms with van der Waals surface area (Å²) in [6.07, 6.45) is 1.67. The zero-order valence-electron chi connectivity index (χ0n) is 12.3. The molecular formula is C16H20ClNO3. The Labute approximate surface area is 129 Å². The molecule has 1 aliphatic rings. The van der Waals surface area contributed by atoms with Crippen molar-refractivity contribution < 1.29 is 14.7 Å². The van der Waals surface area contributed by atoms with Crippen molar-refractivity contribution in [3.05, 3.63) is 34.9 Å². The summed E-state index contributed by atoms with van der Waals surface area (Å²) in [5.41, 5.74) is -0.230. The molecule has 0 saturated carbocycles. The van der Waals surface area contributed by atoms with Gasteiger partial charge in [0.05, 0.1) is 5.41 Å². The zero-order chi connectivity index (χ0) is 15.6. The van der Waals surface area contributed by atoms with Crippen molar-refractivity contribution in [3.8, 4) is 0 Å². The fourth-order valence-electron chi connectivity index (χ4n) is 2.70. The van der Waals surface area contributed by atoms with Gasteiger partial charge in [0.25, 0.3) is 5.91 Å². The van der Waals surface area contributed by atoms with Crippen molar-refractivity contribution in [2.75, 3.05) is 13.1 Å². The standard InChI is InChI=1S/C16H20ClNO3/c1-16(2,15(20)21)12-4-3-9-18(10-12)14(19)11-5-7-13(17)8-6-11/h5-8,12H,3-4,9-10H2,1-2H3,(H,20,21). The van der Waals surface area contributed by atoms with Crippen LogP contribution in [0, 0.1) is 11.3 Å².